The molecule has 0 radical (unpaired) electrons. The number of benzene rings is 2. The number of fused-ring (bicyclic) bond motifs is 3. The van der Waals surface area contributed by atoms with Crippen molar-refractivity contribution in [3.8, 4) is 5.75 Å². The highest BCUT2D eigenvalue weighted by molar-refractivity contribution is 5.86. The lowest BCUT2D eigenvalue weighted by atomic mass is 10.0. The molecule has 1 aliphatic rings. The maximum Gasteiger partial charge on any atom is 0.339 e. The van der Waals surface area contributed by atoms with Crippen LogP contribution in [0, 0.1) is 26.6 Å². The number of ether oxygens (including phenoxy) is 1. The fourth-order valence-corrected chi connectivity index (χ4v) is 3.16. The second-order valence-electron chi connectivity index (χ2n) is 6.46. The normalized spacial score (nSPS) is 13.7. The first kappa shape index (κ1) is 15.7. The molecule has 0 aliphatic carbocycles. The minimum atomic E-state index is -0.336. The molecule has 0 saturated carbocycles. The third kappa shape index (κ3) is 2.47. The lowest BCUT2D eigenvalue weighted by Gasteiger charge is -2.31. The third-order valence-electron chi connectivity index (χ3n) is 4.93. The number of hydrogen-bond donors (Lipinski definition) is 0. The van der Waals surface area contributed by atoms with Gasteiger partial charge in [0.2, 0.25) is 0 Å². The van der Waals surface area contributed by atoms with Crippen molar-refractivity contribution in [3.05, 3.63) is 68.8 Å². The number of aryl methyl sites for hydroxylation is 2. The van der Waals surface area contributed by atoms with E-state index in [-0.39, 0.29) is 11.4 Å². The van der Waals surface area contributed by atoms with E-state index < -0.39 is 0 Å². The van der Waals surface area contributed by atoms with Crippen molar-refractivity contribution in [1.29, 1.82) is 0 Å². The van der Waals surface area contributed by atoms with Gasteiger partial charge in [-0.15, -0.1) is 0 Å². The molecule has 0 spiro atoms. The Morgan fingerprint density at radius 1 is 1.08 bits per heavy atom. The molecule has 4 nitrogen and oxygen atoms in total. The number of rotatable bonds is 1. The summed E-state index contributed by atoms with van der Waals surface area (Å²) in [6.45, 7) is 6.21. The molecule has 3 aromatic rings. The predicted octanol–water partition coefficient (Wildman–Crippen LogP) is 4.21. The highest BCUT2D eigenvalue weighted by atomic mass is 19.1. The van der Waals surface area contributed by atoms with E-state index in [4.69, 9.17) is 9.15 Å². The molecule has 0 saturated heterocycles. The highest BCUT2D eigenvalue weighted by Gasteiger charge is 2.23. The summed E-state index contributed by atoms with van der Waals surface area (Å²) in [4.78, 5) is 14.0. The second kappa shape index (κ2) is 5.62. The van der Waals surface area contributed by atoms with Gasteiger partial charge in [-0.3, -0.25) is 0 Å². The van der Waals surface area contributed by atoms with Crippen LogP contribution >= 0.6 is 0 Å². The van der Waals surface area contributed by atoms with E-state index in [1.165, 1.54) is 6.07 Å². The topological polar surface area (TPSA) is 42.7 Å². The lowest BCUT2D eigenvalue weighted by molar-refractivity contribution is 0.289. The van der Waals surface area contributed by atoms with Gasteiger partial charge in [0.05, 0.1) is 12.1 Å². The molecule has 2 heterocycles. The Bertz CT molecular complexity index is 1050. The zero-order valence-corrected chi connectivity index (χ0v) is 14.4. The molecule has 5 heteroatoms. The Kier molecular flexibility index (Phi) is 3.53. The van der Waals surface area contributed by atoms with Gasteiger partial charge in [-0.05, 0) is 56.2 Å². The lowest BCUT2D eigenvalue weighted by Crippen LogP contribution is -2.32. The summed E-state index contributed by atoms with van der Waals surface area (Å²) < 4.78 is 25.3. The minimum absolute atomic E-state index is 0.251. The van der Waals surface area contributed by atoms with Crippen molar-refractivity contribution in [2.24, 2.45) is 0 Å². The van der Waals surface area contributed by atoms with Gasteiger partial charge in [0, 0.05) is 16.6 Å². The van der Waals surface area contributed by atoms with Crippen LogP contribution in [-0.4, -0.2) is 6.73 Å². The van der Waals surface area contributed by atoms with Crippen molar-refractivity contribution >= 4 is 16.7 Å². The Morgan fingerprint density at radius 2 is 1.88 bits per heavy atom. The third-order valence-corrected chi connectivity index (χ3v) is 4.93. The number of halogens is 1. The zero-order chi connectivity index (χ0) is 17.7. The molecule has 4 rings (SSSR count). The standard InChI is InChI=1S/C20H18FNO3/c1-11-4-5-14(8-17(11)21)22-9-16-18(24-10-22)7-6-15-12(2)13(3)20(23)25-19(15)16/h4-8H,9-10H2,1-3H3. The molecular weight excluding hydrogens is 321 g/mol. The molecule has 0 atom stereocenters. The maximum atomic E-state index is 13.9. The SMILES string of the molecule is Cc1ccc(N2COc3ccc4c(C)c(C)c(=O)oc4c3C2)cc1F. The van der Waals surface area contributed by atoms with Crippen LogP contribution < -0.4 is 15.3 Å². The maximum absolute atomic E-state index is 13.9. The first-order chi connectivity index (χ1) is 12.0. The van der Waals surface area contributed by atoms with Crippen LogP contribution in [0.3, 0.4) is 0 Å². The van der Waals surface area contributed by atoms with E-state index in [1.54, 1.807) is 19.9 Å². The van der Waals surface area contributed by atoms with Crippen molar-refractivity contribution in [3.63, 3.8) is 0 Å². The Balaban J connectivity index is 1.84. The van der Waals surface area contributed by atoms with Gasteiger partial charge in [-0.1, -0.05) is 6.07 Å². The van der Waals surface area contributed by atoms with Crippen molar-refractivity contribution in [1.82, 2.24) is 0 Å². The van der Waals surface area contributed by atoms with Crippen LogP contribution in [0.1, 0.15) is 22.3 Å². The van der Waals surface area contributed by atoms with Gasteiger partial charge in [-0.25, -0.2) is 9.18 Å². The molecule has 0 fully saturated rings. The number of nitrogens with zero attached hydrogens (tertiary/aromatic N) is 1. The van der Waals surface area contributed by atoms with Gasteiger partial charge in [0.25, 0.3) is 0 Å². The number of hydrogen-bond acceptors (Lipinski definition) is 4. The Labute approximate surface area is 144 Å². The summed E-state index contributed by atoms with van der Waals surface area (Å²) >= 11 is 0. The van der Waals surface area contributed by atoms with E-state index in [1.807, 2.05) is 30.0 Å². The Morgan fingerprint density at radius 3 is 2.64 bits per heavy atom. The summed E-state index contributed by atoms with van der Waals surface area (Å²) in [7, 11) is 0. The first-order valence-electron chi connectivity index (χ1n) is 8.15. The summed E-state index contributed by atoms with van der Waals surface area (Å²) in [5.74, 6) is 0.446. The van der Waals surface area contributed by atoms with E-state index >= 15 is 0 Å². The highest BCUT2D eigenvalue weighted by Crippen LogP contribution is 2.35. The van der Waals surface area contributed by atoms with Gasteiger partial charge >= 0.3 is 5.63 Å². The molecule has 2 aromatic carbocycles. The summed E-state index contributed by atoms with van der Waals surface area (Å²) in [5, 5.41) is 0.899. The van der Waals surface area contributed by atoms with E-state index in [0.29, 0.717) is 35.7 Å². The first-order valence-corrected chi connectivity index (χ1v) is 8.15. The molecule has 1 aromatic heterocycles. The van der Waals surface area contributed by atoms with E-state index in [9.17, 15) is 9.18 Å². The predicted molar refractivity (Wildman–Crippen MR) is 94.8 cm³/mol. The van der Waals surface area contributed by atoms with Gasteiger partial charge in [-0.2, -0.15) is 0 Å². The fourth-order valence-electron chi connectivity index (χ4n) is 3.16. The van der Waals surface area contributed by atoms with Crippen LogP contribution in [0.4, 0.5) is 10.1 Å². The molecular formula is C20H18FNO3. The smallest absolute Gasteiger partial charge is 0.339 e. The van der Waals surface area contributed by atoms with Crippen LogP contribution in [-0.2, 0) is 6.54 Å². The average molecular weight is 339 g/mol. The average Bonchev–Trinajstić information content (AvgIpc) is 2.61. The number of anilines is 1. The Hall–Kier alpha value is -2.82. The van der Waals surface area contributed by atoms with Crippen LogP contribution in [0.15, 0.2) is 39.5 Å². The molecule has 0 N–H and O–H groups in total. The zero-order valence-electron chi connectivity index (χ0n) is 14.4. The molecule has 128 valence electrons. The van der Waals surface area contributed by atoms with Gasteiger partial charge < -0.3 is 14.1 Å². The summed E-state index contributed by atoms with van der Waals surface area (Å²) in [5.41, 5.74) is 3.88. The monoisotopic (exact) mass is 339 g/mol. The van der Waals surface area contributed by atoms with Crippen molar-refractivity contribution in [2.75, 3.05) is 11.6 Å². The van der Waals surface area contributed by atoms with Crippen LogP contribution in [0.5, 0.6) is 5.75 Å². The van der Waals surface area contributed by atoms with Crippen LogP contribution in [0.25, 0.3) is 11.0 Å². The van der Waals surface area contributed by atoms with Crippen LogP contribution in [0.2, 0.25) is 0 Å². The second-order valence-corrected chi connectivity index (χ2v) is 6.46. The summed E-state index contributed by atoms with van der Waals surface area (Å²) in [6.07, 6.45) is 0. The van der Waals surface area contributed by atoms with Gasteiger partial charge in [0.15, 0.2) is 6.73 Å². The van der Waals surface area contributed by atoms with E-state index in [0.717, 1.165) is 22.2 Å². The summed E-state index contributed by atoms with van der Waals surface area (Å²) in [6, 6.07) is 8.93. The molecule has 0 amide bonds. The van der Waals surface area contributed by atoms with Crippen molar-refractivity contribution < 1.29 is 13.5 Å². The van der Waals surface area contributed by atoms with Gasteiger partial charge in [0.1, 0.15) is 17.1 Å². The molecule has 0 bridgehead atoms. The minimum Gasteiger partial charge on any atom is -0.473 e. The fraction of sp³-hybridized carbons (Fsp3) is 0.250. The molecule has 25 heavy (non-hydrogen) atoms. The molecule has 1 aliphatic heterocycles. The molecule has 0 unspecified atom stereocenters. The van der Waals surface area contributed by atoms with E-state index in [2.05, 4.69) is 0 Å². The van der Waals surface area contributed by atoms with Crippen molar-refractivity contribution in [2.45, 2.75) is 27.3 Å². The largest absolute Gasteiger partial charge is 0.473 e. The quantitative estimate of drug-likeness (QED) is 0.623.